The normalized spacial score (nSPS) is 14.4. The molecular formula is C19H17NO4. The van der Waals surface area contributed by atoms with E-state index in [1.165, 1.54) is 7.05 Å². The Morgan fingerprint density at radius 1 is 0.667 bits per heavy atom. The fraction of sp³-hybridized carbons (Fsp3) is 0.158. The molecule has 2 amide bonds. The highest BCUT2D eigenvalue weighted by Gasteiger charge is 2.37. The number of hydrogen-bond acceptors (Lipinski definition) is 4. The van der Waals surface area contributed by atoms with E-state index in [1.54, 1.807) is 62.8 Å². The van der Waals surface area contributed by atoms with Crippen molar-refractivity contribution in [2.45, 2.75) is 0 Å². The highest BCUT2D eigenvalue weighted by Crippen LogP contribution is 2.35. The number of ether oxygens (including phenoxy) is 2. The number of carbonyl (C=O) groups is 2. The SMILES string of the molecule is COc1ccc(C2=C(c3ccc(OC)cc3)C(=O)N(C)C2=O)cc1. The molecule has 0 atom stereocenters. The molecule has 5 nitrogen and oxygen atoms in total. The molecule has 0 radical (unpaired) electrons. The molecule has 3 rings (SSSR count). The third-order valence-electron chi connectivity index (χ3n) is 4.04. The lowest BCUT2D eigenvalue weighted by Crippen LogP contribution is -2.26. The Morgan fingerprint density at radius 3 is 1.29 bits per heavy atom. The van der Waals surface area contributed by atoms with Gasteiger partial charge in [-0.15, -0.1) is 0 Å². The first kappa shape index (κ1) is 15.8. The van der Waals surface area contributed by atoms with Crippen molar-refractivity contribution in [1.82, 2.24) is 4.90 Å². The van der Waals surface area contributed by atoms with Crippen LogP contribution >= 0.6 is 0 Å². The van der Waals surface area contributed by atoms with Crippen molar-refractivity contribution in [2.24, 2.45) is 0 Å². The molecular weight excluding hydrogens is 306 g/mol. The van der Waals surface area contributed by atoms with E-state index in [0.29, 0.717) is 33.8 Å². The minimum Gasteiger partial charge on any atom is -0.497 e. The second-order valence-electron chi connectivity index (χ2n) is 5.38. The minimum atomic E-state index is -0.309. The zero-order valence-corrected chi connectivity index (χ0v) is 13.7. The van der Waals surface area contributed by atoms with Gasteiger partial charge < -0.3 is 9.47 Å². The second kappa shape index (κ2) is 6.20. The Bertz CT molecular complexity index is 750. The van der Waals surface area contributed by atoms with Crippen molar-refractivity contribution in [3.8, 4) is 11.5 Å². The molecule has 24 heavy (non-hydrogen) atoms. The van der Waals surface area contributed by atoms with Gasteiger partial charge in [-0.3, -0.25) is 14.5 Å². The van der Waals surface area contributed by atoms with Gasteiger partial charge in [0.2, 0.25) is 0 Å². The summed E-state index contributed by atoms with van der Waals surface area (Å²) in [6.07, 6.45) is 0. The lowest BCUT2D eigenvalue weighted by atomic mass is 9.96. The Kier molecular flexibility index (Phi) is 4.08. The summed E-state index contributed by atoms with van der Waals surface area (Å²) in [4.78, 5) is 26.3. The van der Waals surface area contributed by atoms with Crippen LogP contribution < -0.4 is 9.47 Å². The molecule has 0 fully saturated rings. The van der Waals surface area contributed by atoms with E-state index in [-0.39, 0.29) is 11.8 Å². The molecule has 0 spiro atoms. The largest absolute Gasteiger partial charge is 0.497 e. The van der Waals surface area contributed by atoms with Crippen molar-refractivity contribution in [1.29, 1.82) is 0 Å². The maximum atomic E-state index is 12.6. The third-order valence-corrected chi connectivity index (χ3v) is 4.04. The van der Waals surface area contributed by atoms with Crippen LogP contribution in [0.5, 0.6) is 11.5 Å². The van der Waals surface area contributed by atoms with Gasteiger partial charge in [-0.1, -0.05) is 24.3 Å². The molecule has 1 aliphatic rings. The van der Waals surface area contributed by atoms with Gasteiger partial charge in [-0.05, 0) is 35.4 Å². The van der Waals surface area contributed by atoms with E-state index in [4.69, 9.17) is 9.47 Å². The first-order valence-electron chi connectivity index (χ1n) is 7.42. The van der Waals surface area contributed by atoms with Crippen molar-refractivity contribution in [3.05, 3.63) is 59.7 Å². The van der Waals surface area contributed by atoms with Gasteiger partial charge >= 0.3 is 0 Å². The van der Waals surface area contributed by atoms with E-state index in [9.17, 15) is 9.59 Å². The number of imide groups is 1. The number of likely N-dealkylation sites (N-methyl/N-ethyl adjacent to an activating group) is 1. The van der Waals surface area contributed by atoms with Crippen molar-refractivity contribution >= 4 is 23.0 Å². The van der Waals surface area contributed by atoms with Crippen LogP contribution in [0, 0.1) is 0 Å². The summed E-state index contributed by atoms with van der Waals surface area (Å²) in [7, 11) is 4.65. The molecule has 5 heteroatoms. The number of amides is 2. The molecule has 0 aromatic heterocycles. The van der Waals surface area contributed by atoms with Crippen LogP contribution in [0.4, 0.5) is 0 Å². The Morgan fingerprint density at radius 2 is 1.00 bits per heavy atom. The quantitative estimate of drug-likeness (QED) is 0.812. The van der Waals surface area contributed by atoms with Crippen LogP contribution in [-0.2, 0) is 9.59 Å². The zero-order valence-electron chi connectivity index (χ0n) is 13.7. The van der Waals surface area contributed by atoms with Gasteiger partial charge in [-0.2, -0.15) is 0 Å². The lowest BCUT2D eigenvalue weighted by Gasteiger charge is -2.07. The highest BCUT2D eigenvalue weighted by atomic mass is 16.5. The number of benzene rings is 2. The van der Waals surface area contributed by atoms with Gasteiger partial charge in [0, 0.05) is 7.05 Å². The second-order valence-corrected chi connectivity index (χ2v) is 5.38. The molecule has 0 saturated heterocycles. The van der Waals surface area contributed by atoms with Gasteiger partial charge in [-0.25, -0.2) is 0 Å². The number of nitrogens with zero attached hydrogens (tertiary/aromatic N) is 1. The van der Waals surface area contributed by atoms with Crippen LogP contribution in [0.3, 0.4) is 0 Å². The highest BCUT2D eigenvalue weighted by molar-refractivity contribution is 6.48. The fourth-order valence-electron chi connectivity index (χ4n) is 2.69. The van der Waals surface area contributed by atoms with Crippen LogP contribution in [-0.4, -0.2) is 38.0 Å². The Labute approximate surface area is 140 Å². The number of carbonyl (C=O) groups excluding carboxylic acids is 2. The van der Waals surface area contributed by atoms with Gasteiger partial charge in [0.25, 0.3) is 11.8 Å². The maximum absolute atomic E-state index is 12.6. The molecule has 122 valence electrons. The van der Waals surface area contributed by atoms with E-state index < -0.39 is 0 Å². The molecule has 0 unspecified atom stereocenters. The number of methoxy groups -OCH3 is 2. The minimum absolute atomic E-state index is 0.309. The Hall–Kier alpha value is -3.08. The molecule has 0 saturated carbocycles. The van der Waals surface area contributed by atoms with Crippen LogP contribution in [0.2, 0.25) is 0 Å². The van der Waals surface area contributed by atoms with Crippen molar-refractivity contribution < 1.29 is 19.1 Å². The summed E-state index contributed by atoms with van der Waals surface area (Å²) in [5.41, 5.74) is 2.17. The molecule has 0 aliphatic carbocycles. The average Bonchev–Trinajstić information content (AvgIpc) is 2.86. The fourth-order valence-corrected chi connectivity index (χ4v) is 2.69. The van der Waals surface area contributed by atoms with Gasteiger partial charge in [0.05, 0.1) is 25.4 Å². The zero-order chi connectivity index (χ0) is 17.3. The van der Waals surface area contributed by atoms with E-state index in [2.05, 4.69) is 0 Å². The molecule has 0 bridgehead atoms. The standard InChI is InChI=1S/C19H17NO4/c1-20-18(21)16(12-4-8-14(23-2)9-5-12)17(19(20)22)13-6-10-15(24-3)11-7-13/h4-11H,1-3H3. The third kappa shape index (κ3) is 2.54. The number of hydrogen-bond donors (Lipinski definition) is 0. The smallest absolute Gasteiger partial charge is 0.261 e. The Balaban J connectivity index is 2.15. The maximum Gasteiger partial charge on any atom is 0.261 e. The van der Waals surface area contributed by atoms with Crippen LogP contribution in [0.15, 0.2) is 48.5 Å². The predicted molar refractivity (Wildman–Crippen MR) is 90.6 cm³/mol. The number of rotatable bonds is 4. The van der Waals surface area contributed by atoms with Crippen molar-refractivity contribution in [2.75, 3.05) is 21.3 Å². The first-order valence-corrected chi connectivity index (χ1v) is 7.42. The topological polar surface area (TPSA) is 55.8 Å². The summed E-state index contributed by atoms with van der Waals surface area (Å²) < 4.78 is 10.3. The van der Waals surface area contributed by atoms with E-state index in [1.807, 2.05) is 0 Å². The van der Waals surface area contributed by atoms with Crippen LogP contribution in [0.25, 0.3) is 11.1 Å². The van der Waals surface area contributed by atoms with Crippen LogP contribution in [0.1, 0.15) is 11.1 Å². The van der Waals surface area contributed by atoms with Gasteiger partial charge in [0.15, 0.2) is 0 Å². The molecule has 1 aliphatic heterocycles. The average molecular weight is 323 g/mol. The molecule has 1 heterocycles. The summed E-state index contributed by atoms with van der Waals surface area (Å²) in [6, 6.07) is 14.2. The summed E-state index contributed by atoms with van der Waals surface area (Å²) in [6.45, 7) is 0. The predicted octanol–water partition coefficient (Wildman–Crippen LogP) is 2.61. The monoisotopic (exact) mass is 323 g/mol. The summed E-state index contributed by atoms with van der Waals surface area (Å²) in [5, 5.41) is 0. The van der Waals surface area contributed by atoms with Crippen molar-refractivity contribution in [3.63, 3.8) is 0 Å². The molecule has 2 aromatic carbocycles. The molecule has 2 aromatic rings. The van der Waals surface area contributed by atoms with E-state index in [0.717, 1.165) is 4.90 Å². The van der Waals surface area contributed by atoms with E-state index >= 15 is 0 Å². The van der Waals surface area contributed by atoms with Gasteiger partial charge in [0.1, 0.15) is 11.5 Å². The first-order chi connectivity index (χ1) is 11.6. The summed E-state index contributed by atoms with van der Waals surface area (Å²) in [5.74, 6) is 0.762. The summed E-state index contributed by atoms with van der Waals surface area (Å²) >= 11 is 0. The lowest BCUT2D eigenvalue weighted by molar-refractivity contribution is -0.134. The molecule has 0 N–H and O–H groups in total.